The molecule has 1 fully saturated rings. The van der Waals surface area contributed by atoms with Gasteiger partial charge in [-0.3, -0.25) is 14.4 Å². The van der Waals surface area contributed by atoms with Crippen molar-refractivity contribution in [2.75, 3.05) is 19.6 Å². The standard InChI is InChI=1S/C12H19N3O5/c1-8(16)13-6-10(17)14-7-11(18)15-5-3-2-4-9(15)12(19)20/h9H,2-7H2,1H3,(H,13,16)(H,14,17)(H,19,20). The van der Waals surface area contributed by atoms with Gasteiger partial charge in [-0.2, -0.15) is 0 Å². The van der Waals surface area contributed by atoms with Crippen LogP contribution in [-0.2, 0) is 19.2 Å². The van der Waals surface area contributed by atoms with Crippen molar-refractivity contribution in [1.82, 2.24) is 15.5 Å². The molecule has 8 nitrogen and oxygen atoms in total. The topological polar surface area (TPSA) is 116 Å². The van der Waals surface area contributed by atoms with Crippen LogP contribution < -0.4 is 10.6 Å². The van der Waals surface area contributed by atoms with E-state index >= 15 is 0 Å². The number of carbonyl (C=O) groups excluding carboxylic acids is 3. The SMILES string of the molecule is CC(=O)NCC(=O)NCC(=O)N1CCCCC1C(=O)O. The van der Waals surface area contributed by atoms with E-state index in [2.05, 4.69) is 10.6 Å². The number of nitrogens with one attached hydrogen (secondary N) is 2. The first kappa shape index (κ1) is 15.9. The van der Waals surface area contributed by atoms with Gasteiger partial charge in [-0.25, -0.2) is 4.79 Å². The lowest BCUT2D eigenvalue weighted by atomic mass is 10.0. The number of likely N-dealkylation sites (tertiary alicyclic amines) is 1. The lowest BCUT2D eigenvalue weighted by molar-refractivity contribution is -0.151. The van der Waals surface area contributed by atoms with Crippen LogP contribution in [0.5, 0.6) is 0 Å². The Morgan fingerprint density at radius 2 is 1.85 bits per heavy atom. The van der Waals surface area contributed by atoms with Gasteiger partial charge >= 0.3 is 5.97 Å². The number of hydrogen-bond acceptors (Lipinski definition) is 4. The number of nitrogens with zero attached hydrogens (tertiary/aromatic N) is 1. The third-order valence-corrected chi connectivity index (χ3v) is 3.04. The minimum Gasteiger partial charge on any atom is -0.480 e. The molecule has 1 atom stereocenters. The number of carboxylic acid groups (broad SMARTS) is 1. The van der Waals surface area contributed by atoms with Crippen molar-refractivity contribution in [2.24, 2.45) is 0 Å². The molecule has 1 saturated heterocycles. The number of carbonyl (C=O) groups is 4. The van der Waals surface area contributed by atoms with Gasteiger partial charge in [-0.1, -0.05) is 0 Å². The molecule has 20 heavy (non-hydrogen) atoms. The summed E-state index contributed by atoms with van der Waals surface area (Å²) in [4.78, 5) is 46.2. The second-order valence-corrected chi connectivity index (χ2v) is 4.62. The monoisotopic (exact) mass is 285 g/mol. The van der Waals surface area contributed by atoms with Gasteiger partial charge in [-0.15, -0.1) is 0 Å². The van der Waals surface area contributed by atoms with Crippen molar-refractivity contribution in [1.29, 1.82) is 0 Å². The molecule has 3 N–H and O–H groups in total. The average molecular weight is 285 g/mol. The molecule has 8 heteroatoms. The van der Waals surface area contributed by atoms with Crippen LogP contribution in [-0.4, -0.2) is 59.4 Å². The van der Waals surface area contributed by atoms with E-state index in [0.29, 0.717) is 13.0 Å². The summed E-state index contributed by atoms with van der Waals surface area (Å²) in [7, 11) is 0. The van der Waals surface area contributed by atoms with Crippen molar-refractivity contribution in [2.45, 2.75) is 32.2 Å². The third-order valence-electron chi connectivity index (χ3n) is 3.04. The highest BCUT2D eigenvalue weighted by Crippen LogP contribution is 2.17. The number of rotatable bonds is 5. The van der Waals surface area contributed by atoms with Crippen LogP contribution in [0.4, 0.5) is 0 Å². The van der Waals surface area contributed by atoms with E-state index in [1.807, 2.05) is 0 Å². The average Bonchev–Trinajstić information content (AvgIpc) is 2.42. The molecule has 1 unspecified atom stereocenters. The number of carboxylic acids is 1. The molecule has 1 heterocycles. The summed E-state index contributed by atoms with van der Waals surface area (Å²) in [6.45, 7) is 1.20. The van der Waals surface area contributed by atoms with Gasteiger partial charge in [0.1, 0.15) is 6.04 Å². The Kier molecular flexibility index (Phi) is 5.95. The van der Waals surface area contributed by atoms with Crippen molar-refractivity contribution in [3.8, 4) is 0 Å². The zero-order valence-corrected chi connectivity index (χ0v) is 11.3. The van der Waals surface area contributed by atoms with Crippen LogP contribution in [0.2, 0.25) is 0 Å². The summed E-state index contributed by atoms with van der Waals surface area (Å²) in [5, 5.41) is 13.7. The van der Waals surface area contributed by atoms with Gasteiger partial charge in [0, 0.05) is 13.5 Å². The minimum absolute atomic E-state index is 0.203. The van der Waals surface area contributed by atoms with E-state index in [1.54, 1.807) is 0 Å². The van der Waals surface area contributed by atoms with Gasteiger partial charge in [-0.05, 0) is 19.3 Å². The first-order valence-corrected chi connectivity index (χ1v) is 6.45. The van der Waals surface area contributed by atoms with Crippen LogP contribution in [0.3, 0.4) is 0 Å². The minimum atomic E-state index is -1.03. The highest BCUT2D eigenvalue weighted by molar-refractivity contribution is 5.89. The lowest BCUT2D eigenvalue weighted by Gasteiger charge is -2.33. The number of hydrogen-bond donors (Lipinski definition) is 3. The van der Waals surface area contributed by atoms with E-state index in [9.17, 15) is 19.2 Å². The highest BCUT2D eigenvalue weighted by Gasteiger charge is 2.31. The molecule has 0 saturated carbocycles. The molecule has 0 aromatic rings. The summed E-state index contributed by atoms with van der Waals surface area (Å²) < 4.78 is 0. The molecule has 0 aromatic carbocycles. The molecule has 1 aliphatic rings. The van der Waals surface area contributed by atoms with Crippen LogP contribution in [0, 0.1) is 0 Å². The van der Waals surface area contributed by atoms with E-state index in [4.69, 9.17) is 5.11 Å². The summed E-state index contributed by atoms with van der Waals surface area (Å²) in [5.74, 6) is -2.28. The molecule has 3 amide bonds. The molecule has 0 aliphatic carbocycles. The molecule has 0 spiro atoms. The molecular formula is C12H19N3O5. The summed E-state index contributed by atoms with van der Waals surface area (Å²) >= 11 is 0. The van der Waals surface area contributed by atoms with Gasteiger partial charge in [0.15, 0.2) is 0 Å². The summed E-state index contributed by atoms with van der Waals surface area (Å²) in [5.41, 5.74) is 0. The zero-order valence-electron chi connectivity index (χ0n) is 11.3. The fourth-order valence-corrected chi connectivity index (χ4v) is 2.03. The fourth-order valence-electron chi connectivity index (χ4n) is 2.03. The fraction of sp³-hybridized carbons (Fsp3) is 0.667. The van der Waals surface area contributed by atoms with Crippen LogP contribution in [0.15, 0.2) is 0 Å². The van der Waals surface area contributed by atoms with Gasteiger partial charge < -0.3 is 20.6 Å². The molecule has 1 aliphatic heterocycles. The number of amides is 3. The Bertz CT molecular complexity index is 410. The lowest BCUT2D eigenvalue weighted by Crippen LogP contribution is -2.51. The van der Waals surface area contributed by atoms with Crippen molar-refractivity contribution in [3.05, 3.63) is 0 Å². The summed E-state index contributed by atoms with van der Waals surface area (Å²) in [6.07, 6.45) is 1.96. The Morgan fingerprint density at radius 1 is 1.15 bits per heavy atom. The maximum atomic E-state index is 11.9. The predicted molar refractivity (Wildman–Crippen MR) is 68.7 cm³/mol. The number of aliphatic carboxylic acids is 1. The van der Waals surface area contributed by atoms with Crippen molar-refractivity contribution < 1.29 is 24.3 Å². The Hall–Kier alpha value is -2.12. The first-order chi connectivity index (χ1) is 9.41. The smallest absolute Gasteiger partial charge is 0.326 e. The van der Waals surface area contributed by atoms with Crippen LogP contribution in [0.25, 0.3) is 0 Å². The molecule has 0 aromatic heterocycles. The Morgan fingerprint density at radius 3 is 2.45 bits per heavy atom. The second-order valence-electron chi connectivity index (χ2n) is 4.62. The van der Waals surface area contributed by atoms with Gasteiger partial charge in [0.2, 0.25) is 17.7 Å². The van der Waals surface area contributed by atoms with E-state index in [-0.39, 0.29) is 19.0 Å². The third kappa shape index (κ3) is 4.87. The summed E-state index contributed by atoms with van der Waals surface area (Å²) in [6, 6.07) is -0.816. The van der Waals surface area contributed by atoms with E-state index in [0.717, 1.165) is 12.8 Å². The normalized spacial score (nSPS) is 18.2. The van der Waals surface area contributed by atoms with Gasteiger partial charge in [0.05, 0.1) is 13.1 Å². The molecule has 112 valence electrons. The molecular weight excluding hydrogens is 266 g/mol. The maximum absolute atomic E-state index is 11.9. The van der Waals surface area contributed by atoms with Gasteiger partial charge in [0.25, 0.3) is 0 Å². The largest absolute Gasteiger partial charge is 0.480 e. The first-order valence-electron chi connectivity index (χ1n) is 6.45. The van der Waals surface area contributed by atoms with Crippen LogP contribution in [0.1, 0.15) is 26.2 Å². The van der Waals surface area contributed by atoms with Crippen molar-refractivity contribution in [3.63, 3.8) is 0 Å². The van der Waals surface area contributed by atoms with Crippen molar-refractivity contribution >= 4 is 23.7 Å². The molecule has 0 radical (unpaired) electrons. The van der Waals surface area contributed by atoms with Crippen LogP contribution >= 0.6 is 0 Å². The zero-order chi connectivity index (χ0) is 15.1. The molecule has 1 rings (SSSR count). The molecule has 0 bridgehead atoms. The Labute approximate surface area is 116 Å². The van der Waals surface area contributed by atoms with E-state index in [1.165, 1.54) is 11.8 Å². The predicted octanol–water partition coefficient (Wildman–Crippen LogP) is -1.30. The maximum Gasteiger partial charge on any atom is 0.326 e. The van der Waals surface area contributed by atoms with E-state index < -0.39 is 23.8 Å². The second kappa shape index (κ2) is 7.46. The highest BCUT2D eigenvalue weighted by atomic mass is 16.4. The quantitative estimate of drug-likeness (QED) is 0.581. The Balaban J connectivity index is 2.42. The number of piperidine rings is 1.